The van der Waals surface area contributed by atoms with Gasteiger partial charge in [-0.25, -0.2) is 4.79 Å². The number of carbonyl (C=O) groups excluding carboxylic acids is 3. The van der Waals surface area contributed by atoms with Crippen LogP contribution in [0.3, 0.4) is 0 Å². The number of amides is 4. The smallest absolute Gasteiger partial charge is 0.325 e. The standard InChI is InChI=1S/C22H38N4O3/c1-5-17(6-2)19(27)25-11-7-8-18(15-25)26-20(28)22(23-21(26)29)9-12-24(13-10-22)14-16(3)4/h16-18H,5-15H2,1-4H3,(H,23,29). The van der Waals surface area contributed by atoms with Crippen molar-refractivity contribution in [2.24, 2.45) is 11.8 Å². The lowest BCUT2D eigenvalue weighted by Crippen LogP contribution is -2.56. The van der Waals surface area contributed by atoms with Gasteiger partial charge in [0, 0.05) is 38.6 Å². The topological polar surface area (TPSA) is 73.0 Å². The second-order valence-electron chi connectivity index (χ2n) is 9.48. The summed E-state index contributed by atoms with van der Waals surface area (Å²) in [5.41, 5.74) is -0.744. The number of nitrogens with zero attached hydrogens (tertiary/aromatic N) is 3. The first-order chi connectivity index (χ1) is 13.8. The Morgan fingerprint density at radius 2 is 1.79 bits per heavy atom. The van der Waals surface area contributed by atoms with E-state index in [1.165, 1.54) is 4.90 Å². The number of hydrogen-bond acceptors (Lipinski definition) is 4. The van der Waals surface area contributed by atoms with Gasteiger partial charge in [0.25, 0.3) is 5.91 Å². The zero-order valence-electron chi connectivity index (χ0n) is 18.6. The molecule has 3 aliphatic heterocycles. The van der Waals surface area contributed by atoms with Crippen LogP contribution in [-0.2, 0) is 9.59 Å². The van der Waals surface area contributed by atoms with Gasteiger partial charge in [-0.2, -0.15) is 0 Å². The third-order valence-electron chi connectivity index (χ3n) is 6.93. The van der Waals surface area contributed by atoms with Crippen LogP contribution in [0.1, 0.15) is 66.2 Å². The maximum Gasteiger partial charge on any atom is 0.325 e. The molecule has 4 amide bonds. The van der Waals surface area contributed by atoms with Crippen molar-refractivity contribution in [2.45, 2.75) is 77.8 Å². The van der Waals surface area contributed by atoms with Crippen molar-refractivity contribution in [1.82, 2.24) is 20.0 Å². The van der Waals surface area contributed by atoms with E-state index in [0.717, 1.165) is 51.9 Å². The number of urea groups is 1. The number of rotatable bonds is 6. The van der Waals surface area contributed by atoms with E-state index in [1.807, 2.05) is 18.7 Å². The molecule has 0 saturated carbocycles. The van der Waals surface area contributed by atoms with Crippen molar-refractivity contribution in [3.05, 3.63) is 0 Å². The Morgan fingerprint density at radius 3 is 2.38 bits per heavy atom. The van der Waals surface area contributed by atoms with Gasteiger partial charge in [-0.3, -0.25) is 14.5 Å². The molecule has 0 aromatic carbocycles. The summed E-state index contributed by atoms with van der Waals surface area (Å²) in [5, 5.41) is 3.04. The van der Waals surface area contributed by atoms with Crippen molar-refractivity contribution in [1.29, 1.82) is 0 Å². The summed E-state index contributed by atoms with van der Waals surface area (Å²) in [6.45, 7) is 12.4. The van der Waals surface area contributed by atoms with Gasteiger partial charge in [-0.15, -0.1) is 0 Å². The van der Waals surface area contributed by atoms with Gasteiger partial charge in [0.2, 0.25) is 5.91 Å². The maximum atomic E-state index is 13.4. The molecule has 7 heteroatoms. The second kappa shape index (κ2) is 9.02. The molecule has 1 unspecified atom stereocenters. The van der Waals surface area contributed by atoms with Crippen LogP contribution in [0.4, 0.5) is 4.79 Å². The van der Waals surface area contributed by atoms with E-state index in [9.17, 15) is 14.4 Å². The lowest BCUT2D eigenvalue weighted by atomic mass is 9.86. The van der Waals surface area contributed by atoms with Crippen LogP contribution >= 0.6 is 0 Å². The minimum absolute atomic E-state index is 0.0356. The van der Waals surface area contributed by atoms with E-state index in [0.29, 0.717) is 25.3 Å². The molecule has 3 aliphatic rings. The zero-order chi connectivity index (χ0) is 21.2. The Bertz CT molecular complexity index is 624. The van der Waals surface area contributed by atoms with E-state index in [2.05, 4.69) is 24.1 Å². The van der Waals surface area contributed by atoms with Crippen molar-refractivity contribution >= 4 is 17.8 Å². The molecule has 3 heterocycles. The average molecular weight is 407 g/mol. The molecule has 7 nitrogen and oxygen atoms in total. The Labute approximate surface area is 175 Å². The summed E-state index contributed by atoms with van der Waals surface area (Å²) >= 11 is 0. The molecule has 1 N–H and O–H groups in total. The Hall–Kier alpha value is -1.63. The Balaban J connectivity index is 1.66. The molecule has 164 valence electrons. The van der Waals surface area contributed by atoms with E-state index in [4.69, 9.17) is 0 Å². The first-order valence-corrected chi connectivity index (χ1v) is 11.5. The van der Waals surface area contributed by atoms with Crippen molar-refractivity contribution in [3.63, 3.8) is 0 Å². The molecule has 1 atom stereocenters. The third-order valence-corrected chi connectivity index (χ3v) is 6.93. The first-order valence-electron chi connectivity index (χ1n) is 11.5. The highest BCUT2D eigenvalue weighted by atomic mass is 16.2. The van der Waals surface area contributed by atoms with Crippen LogP contribution in [0.2, 0.25) is 0 Å². The molecule has 29 heavy (non-hydrogen) atoms. The normalized spacial score (nSPS) is 25.4. The molecule has 0 bridgehead atoms. The number of carbonyl (C=O) groups is 3. The predicted octanol–water partition coefficient (Wildman–Crippen LogP) is 2.46. The fourth-order valence-electron chi connectivity index (χ4n) is 5.21. The molecule has 3 saturated heterocycles. The summed E-state index contributed by atoms with van der Waals surface area (Å²) in [4.78, 5) is 44.7. The maximum absolute atomic E-state index is 13.4. The van der Waals surface area contributed by atoms with Crippen LogP contribution in [-0.4, -0.2) is 76.8 Å². The van der Waals surface area contributed by atoms with E-state index in [-0.39, 0.29) is 29.8 Å². The highest BCUT2D eigenvalue weighted by Crippen LogP contribution is 2.33. The number of likely N-dealkylation sites (tertiary alicyclic amines) is 2. The van der Waals surface area contributed by atoms with Gasteiger partial charge in [-0.1, -0.05) is 27.7 Å². The quantitative estimate of drug-likeness (QED) is 0.688. The van der Waals surface area contributed by atoms with Gasteiger partial charge >= 0.3 is 6.03 Å². The van der Waals surface area contributed by atoms with Crippen LogP contribution in [0.15, 0.2) is 0 Å². The molecule has 3 fully saturated rings. The van der Waals surface area contributed by atoms with Gasteiger partial charge in [-0.05, 0) is 44.4 Å². The summed E-state index contributed by atoms with van der Waals surface area (Å²) in [6, 6.07) is -0.475. The highest BCUT2D eigenvalue weighted by molar-refractivity contribution is 6.07. The number of nitrogens with one attached hydrogen (secondary N) is 1. The van der Waals surface area contributed by atoms with Crippen LogP contribution in [0.25, 0.3) is 0 Å². The lowest BCUT2D eigenvalue weighted by molar-refractivity contribution is -0.141. The zero-order valence-corrected chi connectivity index (χ0v) is 18.6. The SMILES string of the molecule is CCC(CC)C(=O)N1CCCC(N2C(=O)NC3(CCN(CC(C)C)CC3)C2=O)C1. The minimum atomic E-state index is -0.744. The fourth-order valence-corrected chi connectivity index (χ4v) is 5.21. The molecular weight excluding hydrogens is 368 g/mol. The Morgan fingerprint density at radius 1 is 1.14 bits per heavy atom. The monoisotopic (exact) mass is 406 g/mol. The third kappa shape index (κ3) is 4.44. The lowest BCUT2D eigenvalue weighted by Gasteiger charge is -2.40. The minimum Gasteiger partial charge on any atom is -0.340 e. The first kappa shape index (κ1) is 22.1. The summed E-state index contributed by atoms with van der Waals surface area (Å²) < 4.78 is 0. The van der Waals surface area contributed by atoms with Gasteiger partial charge in [0.15, 0.2) is 0 Å². The van der Waals surface area contributed by atoms with Crippen LogP contribution in [0.5, 0.6) is 0 Å². The average Bonchev–Trinajstić information content (AvgIpc) is 2.94. The van der Waals surface area contributed by atoms with E-state index < -0.39 is 5.54 Å². The summed E-state index contributed by atoms with van der Waals surface area (Å²) in [6.07, 6.45) is 4.61. The van der Waals surface area contributed by atoms with Gasteiger partial charge < -0.3 is 15.1 Å². The van der Waals surface area contributed by atoms with Crippen LogP contribution < -0.4 is 5.32 Å². The Kier molecular flexibility index (Phi) is 6.87. The van der Waals surface area contributed by atoms with Crippen molar-refractivity contribution < 1.29 is 14.4 Å². The number of hydrogen-bond donors (Lipinski definition) is 1. The van der Waals surface area contributed by atoms with Crippen molar-refractivity contribution in [2.75, 3.05) is 32.7 Å². The van der Waals surface area contributed by atoms with Gasteiger partial charge in [0.05, 0.1) is 6.04 Å². The number of piperidine rings is 2. The molecule has 0 aliphatic carbocycles. The molecular formula is C22H38N4O3. The molecule has 3 rings (SSSR count). The largest absolute Gasteiger partial charge is 0.340 e. The van der Waals surface area contributed by atoms with Crippen LogP contribution in [0, 0.1) is 11.8 Å². The second-order valence-corrected chi connectivity index (χ2v) is 9.48. The highest BCUT2D eigenvalue weighted by Gasteiger charge is 2.54. The molecule has 0 aromatic rings. The fraction of sp³-hybridized carbons (Fsp3) is 0.864. The molecule has 0 aromatic heterocycles. The summed E-state index contributed by atoms with van der Waals surface area (Å²) in [7, 11) is 0. The van der Waals surface area contributed by atoms with Gasteiger partial charge in [0.1, 0.15) is 5.54 Å². The van der Waals surface area contributed by atoms with Crippen molar-refractivity contribution in [3.8, 4) is 0 Å². The van der Waals surface area contributed by atoms with E-state index >= 15 is 0 Å². The summed E-state index contributed by atoms with van der Waals surface area (Å²) in [5.74, 6) is 0.723. The number of imide groups is 1. The molecule has 0 radical (unpaired) electrons. The predicted molar refractivity (Wildman–Crippen MR) is 112 cm³/mol. The van der Waals surface area contributed by atoms with E-state index in [1.54, 1.807) is 0 Å². The molecule has 1 spiro atoms.